The van der Waals surface area contributed by atoms with Crippen molar-refractivity contribution in [3.8, 4) is 0 Å². The molecule has 1 aromatic rings. The highest BCUT2D eigenvalue weighted by Gasteiger charge is 2.39. The minimum Gasteiger partial charge on any atom is -0.343 e. The summed E-state index contributed by atoms with van der Waals surface area (Å²) in [6, 6.07) is 3.09. The van der Waals surface area contributed by atoms with E-state index in [1.165, 1.54) is 31.3 Å². The molecule has 186 valence electrons. The van der Waals surface area contributed by atoms with Gasteiger partial charge in [-0.1, -0.05) is 11.6 Å². The van der Waals surface area contributed by atoms with Gasteiger partial charge in [0, 0.05) is 42.6 Å². The summed E-state index contributed by atoms with van der Waals surface area (Å²) in [7, 11) is -1.90. The van der Waals surface area contributed by atoms with Gasteiger partial charge in [0.05, 0.1) is 11.3 Å². The summed E-state index contributed by atoms with van der Waals surface area (Å²) in [6.45, 7) is 4.64. The number of hydrogen-bond acceptors (Lipinski definition) is 5. The van der Waals surface area contributed by atoms with Gasteiger partial charge in [0.1, 0.15) is 6.04 Å². The van der Waals surface area contributed by atoms with Crippen molar-refractivity contribution in [2.45, 2.75) is 75.4 Å². The van der Waals surface area contributed by atoms with Crippen molar-refractivity contribution in [3.63, 3.8) is 0 Å². The van der Waals surface area contributed by atoms with Crippen molar-refractivity contribution in [1.82, 2.24) is 19.4 Å². The van der Waals surface area contributed by atoms with Crippen LogP contribution in [-0.4, -0.2) is 72.6 Å². The van der Waals surface area contributed by atoms with Crippen LogP contribution in [0.1, 0.15) is 49.7 Å². The van der Waals surface area contributed by atoms with Gasteiger partial charge in [0.25, 0.3) is 10.0 Å². The molecule has 0 radical (unpaired) electrons. The third-order valence-electron chi connectivity index (χ3n) is 7.19. The Morgan fingerprint density at radius 3 is 2.53 bits per heavy atom. The lowest BCUT2D eigenvalue weighted by Crippen LogP contribution is -2.51. The van der Waals surface area contributed by atoms with E-state index in [2.05, 4.69) is 17.3 Å². The number of nitrogens with one attached hydrogen (secondary N) is 1. The summed E-state index contributed by atoms with van der Waals surface area (Å²) in [5.41, 5.74) is 1.11. The smallest absolute Gasteiger partial charge is 0.264 e. The van der Waals surface area contributed by atoms with E-state index >= 15 is 0 Å². The Bertz CT molecular complexity index is 1100. The molecule has 1 aromatic carbocycles. The van der Waals surface area contributed by atoms with Crippen molar-refractivity contribution < 1.29 is 18.0 Å². The number of sulfonamides is 1. The highest BCUT2D eigenvalue weighted by Crippen LogP contribution is 2.31. The van der Waals surface area contributed by atoms with E-state index in [0.29, 0.717) is 41.3 Å². The van der Waals surface area contributed by atoms with Gasteiger partial charge in [-0.05, 0) is 76.3 Å². The standard InChI is InChI=1S/C24H33ClN4O4S/c1-16-14-22(17(2)13-20(16)25)34(32,33)29-12-9-26-24(31)21(29)15-23(30)28-10-4-5-18(8-11-28)27(3)19-6-7-19/h9,12-14,18-19,21H,4-8,10-11,15H2,1-3H3,(H,26,31)/t18-,21-/m1/s1. The van der Waals surface area contributed by atoms with Crippen LogP contribution in [0.5, 0.6) is 0 Å². The highest BCUT2D eigenvalue weighted by atomic mass is 35.5. The molecule has 8 nitrogen and oxygen atoms in total. The van der Waals surface area contributed by atoms with E-state index in [0.717, 1.165) is 23.6 Å². The zero-order valence-electron chi connectivity index (χ0n) is 20.0. The lowest BCUT2D eigenvalue weighted by atomic mass is 10.1. The van der Waals surface area contributed by atoms with Gasteiger partial charge in [0.2, 0.25) is 11.8 Å². The van der Waals surface area contributed by atoms with Crippen LogP contribution in [0.4, 0.5) is 0 Å². The molecule has 4 rings (SSSR count). The molecule has 0 unspecified atom stereocenters. The lowest BCUT2D eigenvalue weighted by molar-refractivity contribution is -0.135. The first kappa shape index (κ1) is 25.0. The number of carbonyl (C=O) groups is 2. The molecule has 2 amide bonds. The third kappa shape index (κ3) is 5.11. The Balaban J connectivity index is 1.51. The first-order chi connectivity index (χ1) is 16.1. The van der Waals surface area contributed by atoms with Crippen LogP contribution in [0.2, 0.25) is 5.02 Å². The van der Waals surface area contributed by atoms with Gasteiger partial charge < -0.3 is 15.1 Å². The van der Waals surface area contributed by atoms with E-state index in [9.17, 15) is 18.0 Å². The molecule has 2 atom stereocenters. The number of hydrogen-bond donors (Lipinski definition) is 1. The van der Waals surface area contributed by atoms with Crippen LogP contribution in [0.3, 0.4) is 0 Å². The quantitative estimate of drug-likeness (QED) is 0.638. The van der Waals surface area contributed by atoms with Crippen LogP contribution < -0.4 is 5.32 Å². The molecule has 1 saturated carbocycles. The number of likely N-dealkylation sites (tertiary alicyclic amines) is 1. The van der Waals surface area contributed by atoms with Gasteiger partial charge in [-0.15, -0.1) is 0 Å². The Morgan fingerprint density at radius 1 is 1.12 bits per heavy atom. The molecule has 0 aromatic heterocycles. The Hall–Kier alpha value is -2.10. The second-order valence-electron chi connectivity index (χ2n) is 9.61. The highest BCUT2D eigenvalue weighted by molar-refractivity contribution is 7.89. The van der Waals surface area contributed by atoms with E-state index in [4.69, 9.17) is 11.6 Å². The molecular formula is C24H33ClN4O4S. The van der Waals surface area contributed by atoms with E-state index in [1.54, 1.807) is 24.8 Å². The predicted molar refractivity (Wildman–Crippen MR) is 131 cm³/mol. The van der Waals surface area contributed by atoms with Crippen LogP contribution in [0, 0.1) is 13.8 Å². The summed E-state index contributed by atoms with van der Waals surface area (Å²) in [5, 5.41) is 3.03. The summed E-state index contributed by atoms with van der Waals surface area (Å²) in [4.78, 5) is 30.3. The number of rotatable bonds is 6. The number of amides is 2. The monoisotopic (exact) mass is 508 g/mol. The minimum atomic E-state index is -4.07. The molecule has 2 fully saturated rings. The maximum atomic E-state index is 13.5. The molecule has 1 aliphatic carbocycles. The van der Waals surface area contributed by atoms with E-state index in [1.807, 2.05) is 0 Å². The fourth-order valence-electron chi connectivity index (χ4n) is 4.89. The number of nitrogens with zero attached hydrogens (tertiary/aromatic N) is 3. The molecule has 2 heterocycles. The summed E-state index contributed by atoms with van der Waals surface area (Å²) in [6.07, 6.45) is 7.73. The number of benzene rings is 1. The van der Waals surface area contributed by atoms with Crippen LogP contribution in [-0.2, 0) is 19.6 Å². The topological polar surface area (TPSA) is 90.0 Å². The first-order valence-corrected chi connectivity index (χ1v) is 13.7. The van der Waals surface area contributed by atoms with Gasteiger partial charge in [-0.25, -0.2) is 8.42 Å². The molecule has 1 saturated heterocycles. The van der Waals surface area contributed by atoms with Gasteiger partial charge >= 0.3 is 0 Å². The first-order valence-electron chi connectivity index (χ1n) is 11.9. The largest absolute Gasteiger partial charge is 0.343 e. The normalized spacial score (nSPS) is 23.7. The summed E-state index contributed by atoms with van der Waals surface area (Å²) in [5.74, 6) is -0.710. The van der Waals surface area contributed by atoms with Crippen molar-refractivity contribution in [2.24, 2.45) is 0 Å². The molecular weight excluding hydrogens is 476 g/mol. The van der Waals surface area contributed by atoms with Crippen molar-refractivity contribution in [3.05, 3.63) is 40.7 Å². The van der Waals surface area contributed by atoms with Crippen LogP contribution in [0.25, 0.3) is 0 Å². The molecule has 0 bridgehead atoms. The van der Waals surface area contributed by atoms with Gasteiger partial charge in [-0.3, -0.25) is 13.9 Å². The number of aryl methyl sites for hydroxylation is 2. The lowest BCUT2D eigenvalue weighted by Gasteiger charge is -2.33. The molecule has 10 heteroatoms. The Kier molecular flexibility index (Phi) is 7.26. The Morgan fingerprint density at radius 2 is 1.82 bits per heavy atom. The van der Waals surface area contributed by atoms with Crippen molar-refractivity contribution in [2.75, 3.05) is 20.1 Å². The minimum absolute atomic E-state index is 0.0759. The van der Waals surface area contributed by atoms with E-state index in [-0.39, 0.29) is 17.2 Å². The van der Waals surface area contributed by atoms with Gasteiger partial charge in [-0.2, -0.15) is 0 Å². The maximum absolute atomic E-state index is 13.5. The van der Waals surface area contributed by atoms with Crippen molar-refractivity contribution >= 4 is 33.4 Å². The second-order valence-corrected chi connectivity index (χ2v) is 11.8. The second kappa shape index (κ2) is 9.87. The third-order valence-corrected chi connectivity index (χ3v) is 9.52. The SMILES string of the molecule is Cc1cc(S(=O)(=O)N2C=CNC(=O)[C@H]2CC(=O)N2CCC[C@@H](N(C)C3CC3)CC2)c(C)cc1Cl. The van der Waals surface area contributed by atoms with Crippen LogP contribution in [0.15, 0.2) is 29.4 Å². The summed E-state index contributed by atoms with van der Waals surface area (Å²) < 4.78 is 28.1. The summed E-state index contributed by atoms with van der Waals surface area (Å²) >= 11 is 6.15. The van der Waals surface area contributed by atoms with Crippen molar-refractivity contribution in [1.29, 1.82) is 0 Å². The molecule has 0 spiro atoms. The number of halogens is 1. The zero-order chi connectivity index (χ0) is 24.6. The molecule has 2 aliphatic heterocycles. The fraction of sp³-hybridized carbons (Fsp3) is 0.583. The molecule has 3 aliphatic rings. The fourth-order valence-corrected chi connectivity index (χ4v) is 6.86. The molecule has 1 N–H and O–H groups in total. The number of carbonyl (C=O) groups excluding carboxylic acids is 2. The average molecular weight is 509 g/mol. The average Bonchev–Trinajstić information content (AvgIpc) is 3.64. The molecule has 34 heavy (non-hydrogen) atoms. The Labute approximate surface area is 207 Å². The maximum Gasteiger partial charge on any atom is 0.264 e. The zero-order valence-corrected chi connectivity index (χ0v) is 21.5. The van der Waals surface area contributed by atoms with Crippen LogP contribution >= 0.6 is 11.6 Å². The van der Waals surface area contributed by atoms with Gasteiger partial charge in [0.15, 0.2) is 0 Å². The van der Waals surface area contributed by atoms with E-state index < -0.39 is 22.0 Å². The predicted octanol–water partition coefficient (Wildman–Crippen LogP) is 2.78.